The molecule has 6 aromatic carbocycles. The molecule has 0 unspecified atom stereocenters. The van der Waals surface area contributed by atoms with Crippen LogP contribution in [0.15, 0.2) is 155 Å². The highest BCUT2D eigenvalue weighted by atomic mass is 79.9. The number of aromatic nitrogens is 2. The predicted octanol–water partition coefficient (Wildman–Crippen LogP) is 15.3. The molecule has 1 N–H and O–H groups in total. The summed E-state index contributed by atoms with van der Waals surface area (Å²) in [7, 11) is -0.622. The molecule has 0 aliphatic heterocycles. The second-order valence-corrected chi connectivity index (χ2v) is 22.7. The van der Waals surface area contributed by atoms with Gasteiger partial charge in [0.25, 0.3) is 10.1 Å². The van der Waals surface area contributed by atoms with Gasteiger partial charge in [0.2, 0.25) is 0 Å². The number of methoxy groups -OCH3 is 2. The van der Waals surface area contributed by atoms with Crippen LogP contribution in [0.2, 0.25) is 0 Å². The van der Waals surface area contributed by atoms with Crippen molar-refractivity contribution in [2.24, 2.45) is 0 Å². The molecular formula is C63H68Br2N2O11S. The lowest BCUT2D eigenvalue weighted by Gasteiger charge is -2.22. The first-order valence-corrected chi connectivity index (χ1v) is 30.2. The van der Waals surface area contributed by atoms with Gasteiger partial charge in [-0.3, -0.25) is 4.18 Å². The van der Waals surface area contributed by atoms with Gasteiger partial charge in [0.15, 0.2) is 23.0 Å². The number of fused-ring (bicyclic) bond motifs is 2. The van der Waals surface area contributed by atoms with E-state index >= 15 is 0 Å². The fourth-order valence-corrected chi connectivity index (χ4v) is 12.3. The molecule has 2 saturated carbocycles. The van der Waals surface area contributed by atoms with Gasteiger partial charge in [-0.2, -0.15) is 8.42 Å². The van der Waals surface area contributed by atoms with E-state index in [1.807, 2.05) is 127 Å². The SMILES string of the molecule is COC(=O)c1ccc2c(C3CCCCC3)c(Br)[nH]c2c1.COC(=O)c1ccc2c(C3CCCCC3)c(Br)n(CCOc3ccccc3OCc3ccccc3)c2c1.CS(=O)(=O)OCCOc1ccccc1OCc1ccccc1. The maximum absolute atomic E-state index is 12.3. The van der Waals surface area contributed by atoms with E-state index in [-0.39, 0.29) is 25.2 Å². The maximum Gasteiger partial charge on any atom is 0.337 e. The number of nitrogens with one attached hydrogen (secondary N) is 1. The minimum Gasteiger partial charge on any atom is -0.488 e. The Morgan fingerprint density at radius 2 is 1.00 bits per heavy atom. The van der Waals surface area contributed by atoms with E-state index in [1.165, 1.54) is 100 Å². The largest absolute Gasteiger partial charge is 0.488 e. The van der Waals surface area contributed by atoms with E-state index in [0.29, 0.717) is 66.6 Å². The number of hydrogen-bond donors (Lipinski definition) is 1. The number of H-pyrrole nitrogens is 1. The smallest absolute Gasteiger partial charge is 0.337 e. The first-order valence-electron chi connectivity index (χ1n) is 26.8. The number of aromatic amines is 1. The second kappa shape index (κ2) is 29.0. The first-order chi connectivity index (χ1) is 38.4. The number of ether oxygens (including phenoxy) is 6. The highest BCUT2D eigenvalue weighted by Gasteiger charge is 2.26. The molecule has 79 heavy (non-hydrogen) atoms. The van der Waals surface area contributed by atoms with E-state index in [0.717, 1.165) is 43.4 Å². The molecule has 16 heteroatoms. The summed E-state index contributed by atoms with van der Waals surface area (Å²) < 4.78 is 64.0. The third kappa shape index (κ3) is 16.3. The van der Waals surface area contributed by atoms with Crippen LogP contribution >= 0.6 is 31.9 Å². The Hall–Kier alpha value is -6.59. The molecule has 0 amide bonds. The van der Waals surface area contributed by atoms with Crippen molar-refractivity contribution in [1.82, 2.24) is 9.55 Å². The number of carbonyl (C=O) groups is 2. The lowest BCUT2D eigenvalue weighted by atomic mass is 9.84. The van der Waals surface area contributed by atoms with Crippen molar-refractivity contribution in [3.63, 3.8) is 0 Å². The molecule has 2 fully saturated rings. The Kier molecular flexibility index (Phi) is 21.5. The summed E-state index contributed by atoms with van der Waals surface area (Å²) in [6.45, 7) is 2.09. The van der Waals surface area contributed by atoms with E-state index < -0.39 is 10.1 Å². The Morgan fingerprint density at radius 3 is 1.51 bits per heavy atom. The molecule has 0 atom stereocenters. The minimum atomic E-state index is -3.45. The molecule has 2 aromatic heterocycles. The van der Waals surface area contributed by atoms with Gasteiger partial charge in [0.1, 0.15) is 33.0 Å². The molecule has 2 aliphatic carbocycles. The van der Waals surface area contributed by atoms with Crippen LogP contribution < -0.4 is 18.9 Å². The van der Waals surface area contributed by atoms with Gasteiger partial charge in [-0.15, -0.1) is 0 Å². The van der Waals surface area contributed by atoms with E-state index in [2.05, 4.69) is 51.7 Å². The lowest BCUT2D eigenvalue weighted by molar-refractivity contribution is 0.0592. The zero-order valence-electron chi connectivity index (χ0n) is 44.9. The molecule has 0 bridgehead atoms. The van der Waals surface area contributed by atoms with Crippen LogP contribution in [-0.2, 0) is 43.5 Å². The highest BCUT2D eigenvalue weighted by molar-refractivity contribution is 9.10. The predicted molar refractivity (Wildman–Crippen MR) is 316 cm³/mol. The van der Waals surface area contributed by atoms with Gasteiger partial charge in [0.05, 0.1) is 52.9 Å². The Balaban J connectivity index is 0.000000167. The molecule has 2 aliphatic rings. The zero-order chi connectivity index (χ0) is 55.6. The Morgan fingerprint density at radius 1 is 0.544 bits per heavy atom. The molecule has 416 valence electrons. The van der Waals surface area contributed by atoms with Gasteiger partial charge in [-0.05, 0) is 140 Å². The van der Waals surface area contributed by atoms with Gasteiger partial charge in [-0.25, -0.2) is 9.59 Å². The van der Waals surface area contributed by atoms with Gasteiger partial charge < -0.3 is 38.0 Å². The topological polar surface area (TPSA) is 154 Å². The van der Waals surface area contributed by atoms with Crippen LogP contribution in [0.25, 0.3) is 21.8 Å². The molecule has 13 nitrogen and oxygen atoms in total. The van der Waals surface area contributed by atoms with Crippen LogP contribution in [0.4, 0.5) is 0 Å². The minimum absolute atomic E-state index is 0.0359. The van der Waals surface area contributed by atoms with Crippen molar-refractivity contribution in [2.45, 2.75) is 95.8 Å². The number of rotatable bonds is 19. The lowest BCUT2D eigenvalue weighted by Crippen LogP contribution is -2.11. The number of carbonyl (C=O) groups excluding carboxylic acids is 2. The molecule has 0 radical (unpaired) electrons. The molecule has 10 rings (SSSR count). The fraction of sp³-hybridized carbons (Fsp3) is 0.333. The van der Waals surface area contributed by atoms with Crippen LogP contribution in [0.1, 0.15) is 119 Å². The van der Waals surface area contributed by atoms with Crippen LogP contribution in [0, 0.1) is 0 Å². The molecule has 2 heterocycles. The Bertz CT molecular complexity index is 3370. The molecule has 0 spiro atoms. The van der Waals surface area contributed by atoms with Crippen LogP contribution in [0.3, 0.4) is 0 Å². The van der Waals surface area contributed by atoms with Crippen LogP contribution in [-0.4, -0.2) is 70.2 Å². The van der Waals surface area contributed by atoms with Crippen LogP contribution in [0.5, 0.6) is 23.0 Å². The normalized spacial score (nSPS) is 13.8. The average Bonchev–Trinajstić information content (AvgIpc) is 4.06. The fourth-order valence-electron chi connectivity index (χ4n) is 10.2. The average molecular weight is 1220 g/mol. The number of hydrogen-bond acceptors (Lipinski definition) is 11. The van der Waals surface area contributed by atoms with Crippen molar-refractivity contribution < 1.29 is 50.6 Å². The van der Waals surface area contributed by atoms with E-state index in [4.69, 9.17) is 28.4 Å². The first kappa shape index (κ1) is 58.6. The summed E-state index contributed by atoms with van der Waals surface area (Å²) >= 11 is 7.58. The quantitative estimate of drug-likeness (QED) is 0.0467. The third-order valence-corrected chi connectivity index (χ3v) is 16.2. The summed E-state index contributed by atoms with van der Waals surface area (Å²) in [6, 6.07) is 46.5. The summed E-state index contributed by atoms with van der Waals surface area (Å²) in [6.07, 6.45) is 13.7. The van der Waals surface area contributed by atoms with Gasteiger partial charge >= 0.3 is 11.9 Å². The number of halogens is 2. The summed E-state index contributed by atoms with van der Waals surface area (Å²) in [4.78, 5) is 27.2. The Labute approximate surface area is 480 Å². The number of esters is 2. The van der Waals surface area contributed by atoms with Crippen molar-refractivity contribution in [1.29, 1.82) is 0 Å². The summed E-state index contributed by atoms with van der Waals surface area (Å²) in [5.41, 5.74) is 8.04. The van der Waals surface area contributed by atoms with Crippen molar-refractivity contribution in [3.05, 3.63) is 188 Å². The third-order valence-electron chi connectivity index (χ3n) is 14.1. The molecular weight excluding hydrogens is 1150 g/mol. The maximum atomic E-state index is 12.3. The number of benzene rings is 6. The molecule has 8 aromatic rings. The van der Waals surface area contributed by atoms with E-state index in [9.17, 15) is 18.0 Å². The number of para-hydroxylation sites is 4. The van der Waals surface area contributed by atoms with Gasteiger partial charge in [-0.1, -0.05) is 136 Å². The second-order valence-electron chi connectivity index (χ2n) is 19.5. The summed E-state index contributed by atoms with van der Waals surface area (Å²) in [5.74, 6) is 3.11. The summed E-state index contributed by atoms with van der Waals surface area (Å²) in [5, 5.41) is 2.41. The van der Waals surface area contributed by atoms with Crippen molar-refractivity contribution >= 4 is 75.7 Å². The standard InChI is InChI=1S/C31H32BrNO4.C16H18BrNO2.C16H18O5S/c1-35-31(34)24-16-17-25-26(20-24)33(30(32)29(25)23-12-6-3-7-13-23)18-19-36-27-14-8-9-15-28(27)37-21-22-10-4-2-5-11-22;1-20-16(19)11-7-8-12-13(9-11)18-15(17)14(12)10-5-3-2-4-6-10;1-22(17,18)21-12-11-19-15-9-5-6-10-16(15)20-13-14-7-3-2-4-8-14/h2,4-5,8-11,14-17,20,23H,3,6-7,12-13,18-19,21H2,1H3;7-10,18H,2-6H2,1H3;2-10H,11-13H2,1H3. The van der Waals surface area contributed by atoms with Crippen molar-refractivity contribution in [2.75, 3.05) is 40.3 Å². The van der Waals surface area contributed by atoms with Gasteiger partial charge in [0, 0.05) is 16.3 Å². The van der Waals surface area contributed by atoms with Crippen molar-refractivity contribution in [3.8, 4) is 23.0 Å². The monoisotopic (exact) mass is 1220 g/mol. The van der Waals surface area contributed by atoms with E-state index in [1.54, 1.807) is 12.1 Å². The number of nitrogens with zero attached hydrogens (tertiary/aromatic N) is 1. The molecule has 0 saturated heterocycles. The highest BCUT2D eigenvalue weighted by Crippen LogP contribution is 2.44. The zero-order valence-corrected chi connectivity index (χ0v) is 48.9.